The molecule has 0 radical (unpaired) electrons. The lowest BCUT2D eigenvalue weighted by Crippen LogP contribution is -2.33. The Morgan fingerprint density at radius 1 is 1.06 bits per heavy atom. The predicted octanol–water partition coefficient (Wildman–Crippen LogP) is 3.87. The second-order valence-corrected chi connectivity index (χ2v) is 9.98. The molecule has 0 bridgehead atoms. The number of rotatable bonds is 4. The van der Waals surface area contributed by atoms with Gasteiger partial charge in [-0.2, -0.15) is 0 Å². The van der Waals surface area contributed by atoms with Crippen LogP contribution in [0.5, 0.6) is 0 Å². The van der Waals surface area contributed by atoms with Gasteiger partial charge in [0, 0.05) is 25.1 Å². The molecular formula is C24H33N3O4. The van der Waals surface area contributed by atoms with Crippen molar-refractivity contribution in [3.05, 3.63) is 41.3 Å². The molecule has 168 valence electrons. The normalized spacial score (nSPS) is 16.5. The van der Waals surface area contributed by atoms with Gasteiger partial charge in [0.2, 0.25) is 0 Å². The van der Waals surface area contributed by atoms with Crippen molar-refractivity contribution in [2.45, 2.75) is 78.7 Å². The first-order valence-electron chi connectivity index (χ1n) is 10.7. The van der Waals surface area contributed by atoms with Gasteiger partial charge in [-0.05, 0) is 60.1 Å². The fourth-order valence-corrected chi connectivity index (χ4v) is 3.69. The van der Waals surface area contributed by atoms with Gasteiger partial charge in [-0.25, -0.2) is 9.78 Å². The van der Waals surface area contributed by atoms with E-state index in [2.05, 4.69) is 4.57 Å². The van der Waals surface area contributed by atoms with Crippen molar-refractivity contribution in [3.8, 4) is 11.3 Å². The minimum atomic E-state index is -0.546. The first kappa shape index (κ1) is 23.0. The molecule has 0 spiro atoms. The van der Waals surface area contributed by atoms with Crippen LogP contribution in [-0.4, -0.2) is 32.7 Å². The number of fused-ring (bicyclic) bond motifs is 1. The number of imidazole rings is 1. The number of nitrogens with two attached hydrogens (primary N) is 1. The molecule has 7 heteroatoms. The number of carbonyl (C=O) groups excluding carboxylic acids is 2. The lowest BCUT2D eigenvalue weighted by Gasteiger charge is -2.27. The van der Waals surface area contributed by atoms with E-state index in [0.29, 0.717) is 31.5 Å². The van der Waals surface area contributed by atoms with Crippen molar-refractivity contribution in [1.82, 2.24) is 9.55 Å². The molecule has 2 aromatic rings. The van der Waals surface area contributed by atoms with Crippen molar-refractivity contribution in [3.63, 3.8) is 0 Å². The number of nitrogens with zero attached hydrogens (tertiary/aromatic N) is 2. The van der Waals surface area contributed by atoms with E-state index in [1.165, 1.54) is 0 Å². The Hall–Kier alpha value is -2.67. The molecule has 1 aliphatic heterocycles. The molecular weight excluding hydrogens is 394 g/mol. The zero-order valence-electron chi connectivity index (χ0n) is 19.3. The van der Waals surface area contributed by atoms with Crippen LogP contribution in [0.1, 0.15) is 69.8 Å². The maximum absolute atomic E-state index is 12.5. The Labute approximate surface area is 183 Å². The summed E-state index contributed by atoms with van der Waals surface area (Å²) in [4.78, 5) is 29.6. The van der Waals surface area contributed by atoms with Crippen LogP contribution in [0.3, 0.4) is 0 Å². The number of carbonyl (C=O) groups is 2. The topological polar surface area (TPSA) is 96.4 Å². The molecule has 31 heavy (non-hydrogen) atoms. The molecule has 2 heterocycles. The first-order valence-corrected chi connectivity index (χ1v) is 10.7. The summed E-state index contributed by atoms with van der Waals surface area (Å²) in [5, 5.41) is 0. The largest absolute Gasteiger partial charge is 0.460 e. The molecule has 1 aromatic carbocycles. The molecule has 0 aliphatic carbocycles. The smallest absolute Gasteiger partial charge is 0.338 e. The standard InChI is InChI=1S/C24H33N3O4/c1-23(2,3)30-21(28)16-9-7-15(8-10-16)20-18(14-25)27-12-11-17(13-19(27)26-20)22(29)31-24(4,5)6/h7-10,17H,11-14,25H2,1-6H3. The van der Waals surface area contributed by atoms with Crippen LogP contribution in [0.15, 0.2) is 24.3 Å². The number of hydrogen-bond donors (Lipinski definition) is 1. The summed E-state index contributed by atoms with van der Waals surface area (Å²) in [5.74, 6) is 0.0951. The summed E-state index contributed by atoms with van der Waals surface area (Å²) in [6, 6.07) is 7.20. The maximum atomic E-state index is 12.5. The summed E-state index contributed by atoms with van der Waals surface area (Å²) >= 11 is 0. The lowest BCUT2D eigenvalue weighted by atomic mass is 9.97. The van der Waals surface area contributed by atoms with E-state index in [1.807, 2.05) is 53.7 Å². The third-order valence-corrected chi connectivity index (χ3v) is 5.01. The monoisotopic (exact) mass is 427 g/mol. The highest BCUT2D eigenvalue weighted by Crippen LogP contribution is 2.31. The third kappa shape index (κ3) is 5.53. The minimum Gasteiger partial charge on any atom is -0.460 e. The second kappa shape index (κ2) is 8.46. The van der Waals surface area contributed by atoms with Crippen LogP contribution in [0.2, 0.25) is 0 Å². The van der Waals surface area contributed by atoms with Crippen molar-refractivity contribution >= 4 is 11.9 Å². The van der Waals surface area contributed by atoms with Crippen LogP contribution in [0, 0.1) is 5.92 Å². The van der Waals surface area contributed by atoms with E-state index in [1.54, 1.807) is 12.1 Å². The summed E-state index contributed by atoms with van der Waals surface area (Å²) in [5.41, 5.74) is 8.09. The fraction of sp³-hybridized carbons (Fsp3) is 0.542. The van der Waals surface area contributed by atoms with E-state index in [4.69, 9.17) is 20.2 Å². The van der Waals surface area contributed by atoms with Crippen molar-refractivity contribution in [2.24, 2.45) is 11.7 Å². The number of aromatic nitrogens is 2. The summed E-state index contributed by atoms with van der Waals surface area (Å²) in [7, 11) is 0. The maximum Gasteiger partial charge on any atom is 0.338 e. The lowest BCUT2D eigenvalue weighted by molar-refractivity contribution is -0.160. The molecule has 7 nitrogen and oxygen atoms in total. The summed E-state index contributed by atoms with van der Waals surface area (Å²) < 4.78 is 13.1. The zero-order chi connectivity index (χ0) is 23.0. The first-order chi connectivity index (χ1) is 14.4. The van der Waals surface area contributed by atoms with Gasteiger partial charge in [-0.3, -0.25) is 4.79 Å². The molecule has 0 fully saturated rings. The van der Waals surface area contributed by atoms with Gasteiger partial charge in [-0.1, -0.05) is 12.1 Å². The number of benzene rings is 1. The van der Waals surface area contributed by atoms with E-state index < -0.39 is 11.2 Å². The molecule has 2 N–H and O–H groups in total. The van der Waals surface area contributed by atoms with Gasteiger partial charge < -0.3 is 19.8 Å². The van der Waals surface area contributed by atoms with Gasteiger partial charge in [0.1, 0.15) is 17.0 Å². The summed E-state index contributed by atoms with van der Waals surface area (Å²) in [6.45, 7) is 12.2. The molecule has 0 saturated heterocycles. The Bertz CT molecular complexity index is 962. The average Bonchev–Trinajstić information content (AvgIpc) is 3.03. The van der Waals surface area contributed by atoms with Gasteiger partial charge in [-0.15, -0.1) is 0 Å². The molecule has 0 saturated carbocycles. The SMILES string of the molecule is CC(C)(C)OC(=O)c1ccc(-c2nc3n(c2CN)CCC(C(=O)OC(C)(C)C)C3)cc1. The quantitative estimate of drug-likeness (QED) is 0.744. The molecule has 1 unspecified atom stereocenters. The molecule has 1 atom stereocenters. The van der Waals surface area contributed by atoms with Crippen molar-refractivity contribution in [2.75, 3.05) is 0 Å². The molecule has 0 amide bonds. The highest BCUT2D eigenvalue weighted by Gasteiger charge is 2.32. The predicted molar refractivity (Wildman–Crippen MR) is 118 cm³/mol. The van der Waals surface area contributed by atoms with E-state index in [-0.39, 0.29) is 17.9 Å². The molecule has 1 aliphatic rings. The number of hydrogen-bond acceptors (Lipinski definition) is 6. The summed E-state index contributed by atoms with van der Waals surface area (Å²) in [6.07, 6.45) is 1.22. The van der Waals surface area contributed by atoms with Crippen LogP contribution in [0.4, 0.5) is 0 Å². The van der Waals surface area contributed by atoms with Crippen LogP contribution in [0.25, 0.3) is 11.3 Å². The van der Waals surface area contributed by atoms with Crippen LogP contribution in [-0.2, 0) is 33.8 Å². The van der Waals surface area contributed by atoms with E-state index in [9.17, 15) is 9.59 Å². The second-order valence-electron chi connectivity index (χ2n) is 9.98. The Kier molecular flexibility index (Phi) is 6.28. The Morgan fingerprint density at radius 3 is 2.23 bits per heavy atom. The molecule has 3 rings (SSSR count). The van der Waals surface area contributed by atoms with Crippen molar-refractivity contribution < 1.29 is 19.1 Å². The highest BCUT2D eigenvalue weighted by molar-refractivity contribution is 5.90. The van der Waals surface area contributed by atoms with Crippen LogP contribution >= 0.6 is 0 Å². The highest BCUT2D eigenvalue weighted by atomic mass is 16.6. The Balaban J connectivity index is 1.83. The van der Waals surface area contributed by atoms with Gasteiger partial charge in [0.25, 0.3) is 0 Å². The average molecular weight is 428 g/mol. The van der Waals surface area contributed by atoms with E-state index in [0.717, 1.165) is 22.8 Å². The molecule has 1 aromatic heterocycles. The van der Waals surface area contributed by atoms with Gasteiger partial charge in [0.15, 0.2) is 0 Å². The van der Waals surface area contributed by atoms with Gasteiger partial charge >= 0.3 is 11.9 Å². The van der Waals surface area contributed by atoms with E-state index >= 15 is 0 Å². The Morgan fingerprint density at radius 2 is 1.68 bits per heavy atom. The minimum absolute atomic E-state index is 0.181. The fourth-order valence-electron chi connectivity index (χ4n) is 3.69. The van der Waals surface area contributed by atoms with Crippen LogP contribution < -0.4 is 5.73 Å². The third-order valence-electron chi connectivity index (χ3n) is 5.01. The van der Waals surface area contributed by atoms with Gasteiger partial charge in [0.05, 0.1) is 22.9 Å². The number of esters is 2. The number of ether oxygens (including phenoxy) is 2. The zero-order valence-corrected chi connectivity index (χ0v) is 19.3. The van der Waals surface area contributed by atoms with Crippen molar-refractivity contribution in [1.29, 1.82) is 0 Å².